The monoisotopic (exact) mass is 275 g/mol. The summed E-state index contributed by atoms with van der Waals surface area (Å²) in [5.41, 5.74) is -1.85. The fourth-order valence-corrected chi connectivity index (χ4v) is 1.25. The van der Waals surface area contributed by atoms with Crippen LogP contribution in [0.4, 0.5) is 20.2 Å². The summed E-state index contributed by atoms with van der Waals surface area (Å²) in [6.07, 6.45) is -0.633. The molecule has 1 amide bonds. The van der Waals surface area contributed by atoms with Crippen LogP contribution in [0.2, 0.25) is 5.02 Å². The number of nitro groups is 1. The number of hydrogen-bond donors (Lipinski definition) is 1. The van der Waals surface area contributed by atoms with Gasteiger partial charge in [-0.3, -0.25) is 14.9 Å². The van der Waals surface area contributed by atoms with Crippen molar-refractivity contribution in [3.8, 4) is 6.07 Å². The maximum Gasteiger partial charge on any atom is 0.298 e. The lowest BCUT2D eigenvalue weighted by atomic mass is 10.2. The Kier molecular flexibility index (Phi) is 4.12. The van der Waals surface area contributed by atoms with E-state index in [1.807, 2.05) is 0 Å². The van der Waals surface area contributed by atoms with E-state index in [1.54, 1.807) is 5.32 Å². The van der Waals surface area contributed by atoms with Crippen molar-refractivity contribution in [2.24, 2.45) is 0 Å². The minimum atomic E-state index is -1.46. The van der Waals surface area contributed by atoms with Crippen molar-refractivity contribution in [3.63, 3.8) is 0 Å². The second kappa shape index (κ2) is 5.37. The van der Waals surface area contributed by atoms with Gasteiger partial charge in [0.25, 0.3) is 5.69 Å². The van der Waals surface area contributed by atoms with Crippen molar-refractivity contribution in [1.82, 2.24) is 0 Å². The van der Waals surface area contributed by atoms with Crippen molar-refractivity contribution in [1.29, 1.82) is 5.26 Å². The van der Waals surface area contributed by atoms with Crippen LogP contribution in [-0.2, 0) is 4.79 Å². The molecule has 0 unspecified atom stereocenters. The van der Waals surface area contributed by atoms with Crippen LogP contribution >= 0.6 is 11.6 Å². The number of nitrogens with zero attached hydrogens (tertiary/aromatic N) is 2. The van der Waals surface area contributed by atoms with E-state index in [9.17, 15) is 23.7 Å². The Balaban J connectivity index is 3.32. The summed E-state index contributed by atoms with van der Waals surface area (Å²) in [6, 6.07) is 1.85. The molecule has 0 heterocycles. The fourth-order valence-electron chi connectivity index (χ4n) is 1.10. The predicted octanol–water partition coefficient (Wildman–Crippen LogP) is 2.38. The molecule has 6 nitrogen and oxygen atoms in total. The molecule has 0 spiro atoms. The number of carbonyl (C=O) groups excluding carboxylic acids is 1. The van der Waals surface area contributed by atoms with Crippen LogP contribution in [0.5, 0.6) is 0 Å². The smallest absolute Gasteiger partial charge is 0.298 e. The number of halogens is 3. The summed E-state index contributed by atoms with van der Waals surface area (Å²) < 4.78 is 26.5. The van der Waals surface area contributed by atoms with Crippen LogP contribution in [0.3, 0.4) is 0 Å². The Morgan fingerprint density at radius 1 is 1.61 bits per heavy atom. The van der Waals surface area contributed by atoms with E-state index in [2.05, 4.69) is 0 Å². The molecule has 0 aliphatic carbocycles. The first kappa shape index (κ1) is 13.8. The first-order valence-corrected chi connectivity index (χ1v) is 4.75. The van der Waals surface area contributed by atoms with Gasteiger partial charge in [0, 0.05) is 0 Å². The molecular formula is C9H4ClF2N3O3. The lowest BCUT2D eigenvalue weighted by molar-refractivity contribution is -0.384. The van der Waals surface area contributed by atoms with Crippen molar-refractivity contribution in [2.45, 2.75) is 6.42 Å². The molecule has 0 aliphatic rings. The number of anilines is 1. The Labute approximate surface area is 104 Å². The molecule has 0 saturated carbocycles. The number of nitrogens with one attached hydrogen (secondary N) is 1. The average Bonchev–Trinajstić information content (AvgIpc) is 2.29. The van der Waals surface area contributed by atoms with Crippen LogP contribution in [-0.4, -0.2) is 10.8 Å². The fraction of sp³-hybridized carbons (Fsp3) is 0.111. The summed E-state index contributed by atoms with van der Waals surface area (Å²) in [4.78, 5) is 20.6. The molecule has 0 aliphatic heterocycles. The van der Waals surface area contributed by atoms with E-state index in [-0.39, 0.29) is 0 Å². The zero-order valence-electron chi connectivity index (χ0n) is 8.54. The second-order valence-corrected chi connectivity index (χ2v) is 3.40. The third-order valence-corrected chi connectivity index (χ3v) is 2.19. The molecule has 0 atom stereocenters. The summed E-state index contributed by atoms with van der Waals surface area (Å²) >= 11 is 5.23. The third kappa shape index (κ3) is 2.70. The van der Waals surface area contributed by atoms with Gasteiger partial charge in [0.05, 0.1) is 17.1 Å². The van der Waals surface area contributed by atoms with Crippen molar-refractivity contribution in [2.75, 3.05) is 5.32 Å². The summed E-state index contributed by atoms with van der Waals surface area (Å²) in [7, 11) is 0. The zero-order chi connectivity index (χ0) is 13.9. The highest BCUT2D eigenvalue weighted by atomic mass is 35.5. The quantitative estimate of drug-likeness (QED) is 0.520. The molecule has 0 radical (unpaired) electrons. The molecule has 1 N–H and O–H groups in total. The lowest BCUT2D eigenvalue weighted by Gasteiger charge is -2.07. The Hall–Kier alpha value is -2.27. The van der Waals surface area contributed by atoms with Gasteiger partial charge < -0.3 is 5.32 Å². The molecule has 1 aromatic rings. The Morgan fingerprint density at radius 2 is 2.22 bits per heavy atom. The first-order valence-electron chi connectivity index (χ1n) is 4.37. The van der Waals surface area contributed by atoms with Crippen molar-refractivity contribution >= 4 is 28.9 Å². The highest BCUT2D eigenvalue weighted by Crippen LogP contribution is 2.34. The molecule has 1 rings (SSSR count). The van der Waals surface area contributed by atoms with E-state index in [1.165, 1.54) is 6.07 Å². The maximum absolute atomic E-state index is 13.5. The summed E-state index contributed by atoms with van der Waals surface area (Å²) in [6.45, 7) is 0. The number of nitriles is 1. The van der Waals surface area contributed by atoms with Crippen LogP contribution in [0.15, 0.2) is 6.07 Å². The molecule has 0 fully saturated rings. The SMILES string of the molecule is N#CCC(=O)Nc1c([N+](=O)[O-])cc(F)c(Cl)c1F. The van der Waals surface area contributed by atoms with E-state index >= 15 is 0 Å². The average molecular weight is 276 g/mol. The first-order chi connectivity index (χ1) is 8.38. The standard InChI is InChI=1S/C9H4ClF2N3O3/c10-7-4(11)3-5(15(17)18)9(8(7)12)14-6(16)1-2-13/h3H,1H2,(H,14,16). The van der Waals surface area contributed by atoms with Crippen molar-refractivity contribution < 1.29 is 18.5 Å². The molecule has 9 heteroatoms. The van der Waals surface area contributed by atoms with Gasteiger partial charge in [-0.25, -0.2) is 8.78 Å². The van der Waals surface area contributed by atoms with Crippen LogP contribution in [0.25, 0.3) is 0 Å². The topological polar surface area (TPSA) is 96.0 Å². The summed E-state index contributed by atoms with van der Waals surface area (Å²) in [5.74, 6) is -3.75. The number of nitro benzene ring substituents is 1. The molecule has 94 valence electrons. The van der Waals surface area contributed by atoms with Crippen LogP contribution < -0.4 is 5.32 Å². The number of benzene rings is 1. The van der Waals surface area contributed by atoms with E-state index in [0.29, 0.717) is 6.07 Å². The molecule has 0 saturated heterocycles. The van der Waals surface area contributed by atoms with E-state index in [0.717, 1.165) is 0 Å². The van der Waals surface area contributed by atoms with Gasteiger partial charge in [0.1, 0.15) is 11.4 Å². The lowest BCUT2D eigenvalue weighted by Crippen LogP contribution is -2.13. The van der Waals surface area contributed by atoms with Crippen LogP contribution in [0.1, 0.15) is 6.42 Å². The Morgan fingerprint density at radius 3 is 2.72 bits per heavy atom. The number of rotatable bonds is 3. The van der Waals surface area contributed by atoms with Gasteiger partial charge in [0.2, 0.25) is 5.91 Å². The second-order valence-electron chi connectivity index (χ2n) is 3.02. The van der Waals surface area contributed by atoms with E-state index < -0.39 is 45.3 Å². The van der Waals surface area contributed by atoms with Crippen LogP contribution in [0, 0.1) is 33.1 Å². The van der Waals surface area contributed by atoms with Gasteiger partial charge in [-0.2, -0.15) is 5.26 Å². The number of carbonyl (C=O) groups is 1. The minimum absolute atomic E-state index is 0.382. The zero-order valence-corrected chi connectivity index (χ0v) is 9.29. The minimum Gasteiger partial charge on any atom is -0.317 e. The molecule has 1 aromatic carbocycles. The largest absolute Gasteiger partial charge is 0.317 e. The van der Waals surface area contributed by atoms with E-state index in [4.69, 9.17) is 16.9 Å². The molecule has 0 bridgehead atoms. The number of hydrogen-bond acceptors (Lipinski definition) is 4. The number of amides is 1. The van der Waals surface area contributed by atoms with Gasteiger partial charge in [-0.1, -0.05) is 11.6 Å². The van der Waals surface area contributed by atoms with Gasteiger partial charge in [-0.15, -0.1) is 0 Å². The van der Waals surface area contributed by atoms with Gasteiger partial charge in [0.15, 0.2) is 17.3 Å². The highest BCUT2D eigenvalue weighted by molar-refractivity contribution is 6.31. The molecule has 18 heavy (non-hydrogen) atoms. The van der Waals surface area contributed by atoms with Gasteiger partial charge in [-0.05, 0) is 0 Å². The predicted molar refractivity (Wildman–Crippen MR) is 56.9 cm³/mol. The maximum atomic E-state index is 13.5. The Bertz CT molecular complexity index is 571. The summed E-state index contributed by atoms with van der Waals surface area (Å²) in [5, 5.41) is 19.6. The van der Waals surface area contributed by atoms with Crippen molar-refractivity contribution in [3.05, 3.63) is 32.8 Å². The molecule has 0 aromatic heterocycles. The normalized spacial score (nSPS) is 9.67. The van der Waals surface area contributed by atoms with Gasteiger partial charge >= 0.3 is 0 Å². The highest BCUT2D eigenvalue weighted by Gasteiger charge is 2.25. The molecular weight excluding hydrogens is 272 g/mol. The third-order valence-electron chi connectivity index (χ3n) is 1.84.